The summed E-state index contributed by atoms with van der Waals surface area (Å²) < 4.78 is 30.4. The molecule has 8 heteroatoms. The standard InChI is InChI=1S/C30H26BrClN2O3S/c31-24-12-16-28(17-13-24)34(27-9-5-10-27)30(35)23-8-4-11-29(20-23)38(36,37)33(21-22-6-2-1-3-7-22)26-18-14-25(32)15-19-26/h1-4,6-8,11-20,27H,5,9-10,21H2. The molecule has 0 N–H and O–H groups in total. The Bertz CT molecular complexity index is 1520. The van der Waals surface area contributed by atoms with Crippen LogP contribution in [0.5, 0.6) is 0 Å². The van der Waals surface area contributed by atoms with Crippen molar-refractivity contribution in [3.8, 4) is 0 Å². The molecular formula is C30H26BrClN2O3S. The molecule has 0 bridgehead atoms. The van der Waals surface area contributed by atoms with Gasteiger partial charge in [0, 0.05) is 26.8 Å². The topological polar surface area (TPSA) is 57.7 Å². The molecule has 4 aromatic rings. The van der Waals surface area contributed by atoms with E-state index >= 15 is 0 Å². The van der Waals surface area contributed by atoms with Crippen LogP contribution < -0.4 is 9.21 Å². The number of carbonyl (C=O) groups excluding carboxylic acids is 1. The van der Waals surface area contributed by atoms with Gasteiger partial charge in [-0.1, -0.05) is 63.9 Å². The summed E-state index contributed by atoms with van der Waals surface area (Å²) in [4.78, 5) is 15.7. The van der Waals surface area contributed by atoms with Crippen LogP contribution in [-0.2, 0) is 16.6 Å². The Balaban J connectivity index is 1.52. The maximum atomic E-state index is 14.0. The molecule has 0 saturated heterocycles. The first kappa shape index (κ1) is 26.5. The zero-order valence-corrected chi connectivity index (χ0v) is 23.7. The van der Waals surface area contributed by atoms with Crippen molar-refractivity contribution in [3.63, 3.8) is 0 Å². The fraction of sp³-hybridized carbons (Fsp3) is 0.167. The Morgan fingerprint density at radius 3 is 2.13 bits per heavy atom. The van der Waals surface area contributed by atoms with Gasteiger partial charge in [0.1, 0.15) is 0 Å². The van der Waals surface area contributed by atoms with Crippen LogP contribution in [0.1, 0.15) is 35.2 Å². The fourth-order valence-electron chi connectivity index (χ4n) is 4.47. The van der Waals surface area contributed by atoms with E-state index in [1.807, 2.05) is 54.6 Å². The number of anilines is 2. The van der Waals surface area contributed by atoms with Gasteiger partial charge in [-0.15, -0.1) is 0 Å². The van der Waals surface area contributed by atoms with Gasteiger partial charge in [-0.3, -0.25) is 9.10 Å². The number of hydrogen-bond acceptors (Lipinski definition) is 3. The van der Waals surface area contributed by atoms with Crippen molar-refractivity contribution >= 4 is 54.8 Å². The summed E-state index contributed by atoms with van der Waals surface area (Å²) in [6, 6.07) is 30.1. The highest BCUT2D eigenvalue weighted by Crippen LogP contribution is 2.33. The number of benzene rings is 4. The molecule has 0 aliphatic heterocycles. The molecule has 0 heterocycles. The van der Waals surface area contributed by atoms with Gasteiger partial charge in [-0.2, -0.15) is 0 Å². The zero-order valence-electron chi connectivity index (χ0n) is 20.5. The van der Waals surface area contributed by atoms with Gasteiger partial charge in [-0.25, -0.2) is 8.42 Å². The summed E-state index contributed by atoms with van der Waals surface area (Å²) in [5, 5.41) is 0.516. The lowest BCUT2D eigenvalue weighted by Crippen LogP contribution is -2.44. The molecule has 0 radical (unpaired) electrons. The first-order valence-electron chi connectivity index (χ1n) is 12.3. The second-order valence-corrected chi connectivity index (χ2v) is 12.5. The number of carbonyl (C=O) groups is 1. The van der Waals surface area contributed by atoms with Crippen LogP contribution in [0.25, 0.3) is 0 Å². The summed E-state index contributed by atoms with van der Waals surface area (Å²) in [6.07, 6.45) is 2.90. The minimum absolute atomic E-state index is 0.0543. The van der Waals surface area contributed by atoms with E-state index in [4.69, 9.17) is 11.6 Å². The molecule has 5 nitrogen and oxygen atoms in total. The molecule has 0 unspecified atom stereocenters. The molecule has 1 aliphatic rings. The first-order valence-corrected chi connectivity index (χ1v) is 15.0. The number of sulfonamides is 1. The molecule has 1 saturated carbocycles. The van der Waals surface area contributed by atoms with Gasteiger partial charge in [0.2, 0.25) is 0 Å². The number of nitrogens with zero attached hydrogens (tertiary/aromatic N) is 2. The van der Waals surface area contributed by atoms with E-state index in [9.17, 15) is 13.2 Å². The summed E-state index contributed by atoms with van der Waals surface area (Å²) in [5.41, 5.74) is 2.45. The normalized spacial score (nSPS) is 13.5. The van der Waals surface area contributed by atoms with Crippen LogP contribution in [0.4, 0.5) is 11.4 Å². The summed E-state index contributed by atoms with van der Waals surface area (Å²) in [6.45, 7) is 0.135. The smallest absolute Gasteiger partial charge is 0.264 e. The Morgan fingerprint density at radius 2 is 1.50 bits per heavy atom. The minimum Gasteiger partial charge on any atom is -0.305 e. The number of rotatable bonds is 8. The molecule has 1 aliphatic carbocycles. The van der Waals surface area contributed by atoms with Gasteiger partial charge in [0.05, 0.1) is 17.1 Å². The summed E-state index contributed by atoms with van der Waals surface area (Å²) in [7, 11) is -4.02. The predicted molar refractivity (Wildman–Crippen MR) is 156 cm³/mol. The average Bonchev–Trinajstić information content (AvgIpc) is 2.91. The molecule has 1 fully saturated rings. The highest BCUT2D eigenvalue weighted by atomic mass is 79.9. The van der Waals surface area contributed by atoms with Crippen molar-refractivity contribution in [2.75, 3.05) is 9.21 Å². The van der Waals surface area contributed by atoms with Crippen LogP contribution in [0.15, 0.2) is 112 Å². The van der Waals surface area contributed by atoms with Crippen molar-refractivity contribution in [2.24, 2.45) is 0 Å². The minimum atomic E-state index is -4.02. The van der Waals surface area contributed by atoms with Crippen LogP contribution in [0.2, 0.25) is 5.02 Å². The number of halogens is 2. The highest BCUT2D eigenvalue weighted by Gasteiger charge is 2.32. The third kappa shape index (κ3) is 5.65. The molecule has 1 amide bonds. The van der Waals surface area contributed by atoms with Crippen LogP contribution in [0.3, 0.4) is 0 Å². The largest absolute Gasteiger partial charge is 0.305 e. The second kappa shape index (κ2) is 11.3. The molecular weight excluding hydrogens is 584 g/mol. The van der Waals surface area contributed by atoms with Crippen LogP contribution in [-0.4, -0.2) is 20.4 Å². The molecule has 5 rings (SSSR count). The Morgan fingerprint density at radius 1 is 0.842 bits per heavy atom. The van der Waals surface area contributed by atoms with Gasteiger partial charge < -0.3 is 4.90 Å². The predicted octanol–water partition coefficient (Wildman–Crippen LogP) is 7.70. The van der Waals surface area contributed by atoms with Gasteiger partial charge in [0.25, 0.3) is 15.9 Å². The molecule has 4 aromatic carbocycles. The Kier molecular flexibility index (Phi) is 7.88. The molecule has 0 atom stereocenters. The lowest BCUT2D eigenvalue weighted by atomic mass is 9.90. The monoisotopic (exact) mass is 608 g/mol. The third-order valence-electron chi connectivity index (χ3n) is 6.72. The van der Waals surface area contributed by atoms with Crippen molar-refractivity contribution < 1.29 is 13.2 Å². The van der Waals surface area contributed by atoms with Crippen molar-refractivity contribution in [3.05, 3.63) is 124 Å². The molecule has 0 spiro atoms. The maximum Gasteiger partial charge on any atom is 0.264 e. The SMILES string of the molecule is O=C(c1cccc(S(=O)(=O)N(Cc2ccccc2)c2ccc(Cl)cc2)c1)N(c1ccc(Br)cc1)C1CCC1. The average molecular weight is 610 g/mol. The number of amides is 1. The second-order valence-electron chi connectivity index (χ2n) is 9.24. The molecule has 0 aromatic heterocycles. The lowest BCUT2D eigenvalue weighted by Gasteiger charge is -2.37. The van der Waals surface area contributed by atoms with E-state index in [2.05, 4.69) is 15.9 Å². The van der Waals surface area contributed by atoms with Crippen LogP contribution >= 0.6 is 27.5 Å². The van der Waals surface area contributed by atoms with Crippen LogP contribution in [0, 0.1) is 0 Å². The Hall–Kier alpha value is -3.13. The first-order chi connectivity index (χ1) is 18.3. The van der Waals surface area contributed by atoms with Gasteiger partial charge in [-0.05, 0) is 91.6 Å². The molecule has 194 valence electrons. The maximum absolute atomic E-state index is 14.0. The van der Waals surface area contributed by atoms with E-state index < -0.39 is 10.0 Å². The summed E-state index contributed by atoms with van der Waals surface area (Å²) in [5.74, 6) is -0.213. The fourth-order valence-corrected chi connectivity index (χ4v) is 6.36. The van der Waals surface area contributed by atoms with E-state index in [-0.39, 0.29) is 23.4 Å². The summed E-state index contributed by atoms with van der Waals surface area (Å²) >= 11 is 9.54. The lowest BCUT2D eigenvalue weighted by molar-refractivity contribution is 0.0964. The Labute approximate surface area is 236 Å². The van der Waals surface area contributed by atoms with E-state index in [1.54, 1.807) is 41.3 Å². The molecule has 38 heavy (non-hydrogen) atoms. The van der Waals surface area contributed by atoms with E-state index in [0.717, 1.165) is 35.0 Å². The van der Waals surface area contributed by atoms with Crippen molar-refractivity contribution in [1.29, 1.82) is 0 Å². The highest BCUT2D eigenvalue weighted by molar-refractivity contribution is 9.10. The quantitative estimate of drug-likeness (QED) is 0.206. The van der Waals surface area contributed by atoms with Gasteiger partial charge >= 0.3 is 0 Å². The van der Waals surface area contributed by atoms with E-state index in [1.165, 1.54) is 16.4 Å². The van der Waals surface area contributed by atoms with Crippen molar-refractivity contribution in [1.82, 2.24) is 0 Å². The van der Waals surface area contributed by atoms with E-state index in [0.29, 0.717) is 16.3 Å². The number of hydrogen-bond donors (Lipinski definition) is 0. The zero-order chi connectivity index (χ0) is 26.7. The van der Waals surface area contributed by atoms with Crippen molar-refractivity contribution in [2.45, 2.75) is 36.7 Å². The third-order valence-corrected chi connectivity index (χ3v) is 9.27. The van der Waals surface area contributed by atoms with Gasteiger partial charge in [0.15, 0.2) is 0 Å².